The van der Waals surface area contributed by atoms with Crippen LogP contribution >= 0.6 is 11.6 Å². The molecule has 0 bridgehead atoms. The molecule has 184 valence electrons. The molecule has 1 aromatic carbocycles. The number of nitrogens with zero attached hydrogens (tertiary/aromatic N) is 2. The van der Waals surface area contributed by atoms with Crippen LogP contribution in [0.15, 0.2) is 102 Å². The molecule has 0 saturated carbocycles. The highest BCUT2D eigenvalue weighted by Gasteiger charge is 2.31. The van der Waals surface area contributed by atoms with Gasteiger partial charge >= 0.3 is 0 Å². The maximum atomic E-state index is 12.3. The van der Waals surface area contributed by atoms with Gasteiger partial charge in [0.1, 0.15) is 0 Å². The summed E-state index contributed by atoms with van der Waals surface area (Å²) in [5.41, 5.74) is 5.68. The zero-order valence-electron chi connectivity index (χ0n) is 21.4. The Kier molecular flexibility index (Phi) is 9.11. The third kappa shape index (κ3) is 7.69. The molecule has 1 atom stereocenters. The minimum Gasteiger partial charge on any atom is -0.337 e. The number of para-hydroxylation sites is 1. The molecule has 35 heavy (non-hydrogen) atoms. The summed E-state index contributed by atoms with van der Waals surface area (Å²) in [7, 11) is 0. The molecule has 0 fully saturated rings. The highest BCUT2D eigenvalue weighted by molar-refractivity contribution is 6.33. The summed E-state index contributed by atoms with van der Waals surface area (Å²) >= 11 is 6.10. The van der Waals surface area contributed by atoms with Crippen LogP contribution < -0.4 is 5.32 Å². The Balaban J connectivity index is 1.64. The average molecular weight is 490 g/mol. The average Bonchev–Trinajstić information content (AvgIpc) is 3.30. The summed E-state index contributed by atoms with van der Waals surface area (Å²) in [5, 5.41) is 3.33. The molecule has 0 radical (unpaired) electrons. The summed E-state index contributed by atoms with van der Waals surface area (Å²) in [5.74, 6) is 0.332. The van der Waals surface area contributed by atoms with Crippen LogP contribution in [0.2, 0.25) is 5.02 Å². The van der Waals surface area contributed by atoms with Crippen LogP contribution in [0.4, 0.5) is 5.69 Å². The lowest BCUT2D eigenvalue weighted by molar-refractivity contribution is -0.111. The Labute approximate surface area is 214 Å². The summed E-state index contributed by atoms with van der Waals surface area (Å²) in [6, 6.07) is 7.20. The number of amides is 1. The Bertz CT molecular complexity index is 1180. The number of carbonyl (C=O) groups is 1. The summed E-state index contributed by atoms with van der Waals surface area (Å²) in [6.45, 7) is 11.9. The zero-order chi connectivity index (χ0) is 25.4. The van der Waals surface area contributed by atoms with Gasteiger partial charge in [-0.3, -0.25) is 4.79 Å². The maximum absolute atomic E-state index is 12.3. The van der Waals surface area contributed by atoms with Gasteiger partial charge in [-0.05, 0) is 68.2 Å². The van der Waals surface area contributed by atoms with Gasteiger partial charge in [-0.1, -0.05) is 79.1 Å². The number of anilines is 1. The standard InChI is InChI=1S/C30H36ClN3O/c1-22(9-8-10-23(2)19-29(35)33-28-12-7-6-11-27(28)31)13-14-26-24(3)25(15-16-30(26,4)5)20-34-18-17-32-21-34/h6-14,17-19,21,25H,15-16,20H2,1-5H3,(H,33,35)/b10-8+,14-13+,22-9+,23-19+. The first-order chi connectivity index (χ1) is 16.7. The van der Waals surface area contributed by atoms with Gasteiger partial charge in [0.25, 0.3) is 0 Å². The molecule has 0 aliphatic heterocycles. The molecule has 1 aliphatic rings. The van der Waals surface area contributed by atoms with Gasteiger partial charge in [-0.2, -0.15) is 0 Å². The predicted octanol–water partition coefficient (Wildman–Crippen LogP) is 7.93. The lowest BCUT2D eigenvalue weighted by atomic mass is 9.68. The number of allylic oxidation sites excluding steroid dienone is 9. The minimum absolute atomic E-state index is 0.163. The van der Waals surface area contributed by atoms with E-state index < -0.39 is 0 Å². The Morgan fingerprint density at radius 1 is 1.23 bits per heavy atom. The molecule has 1 N–H and O–H groups in total. The van der Waals surface area contributed by atoms with E-state index in [0.29, 0.717) is 16.6 Å². The van der Waals surface area contributed by atoms with Crippen LogP contribution in [-0.2, 0) is 11.3 Å². The molecule has 2 aromatic rings. The molecule has 0 spiro atoms. The lowest BCUT2D eigenvalue weighted by Crippen LogP contribution is -2.26. The number of rotatable bonds is 8. The molecule has 5 heteroatoms. The number of hydrogen-bond donors (Lipinski definition) is 1. The van der Waals surface area contributed by atoms with Crippen LogP contribution in [0.3, 0.4) is 0 Å². The molecule has 1 heterocycles. The Hall–Kier alpha value is -3.11. The second-order valence-electron chi connectivity index (χ2n) is 9.94. The van der Waals surface area contributed by atoms with Crippen LogP contribution in [0.5, 0.6) is 0 Å². The van der Waals surface area contributed by atoms with E-state index in [1.165, 1.54) is 24.0 Å². The van der Waals surface area contributed by atoms with Crippen molar-refractivity contribution < 1.29 is 4.79 Å². The van der Waals surface area contributed by atoms with Crippen LogP contribution in [0, 0.1) is 11.3 Å². The molecular formula is C30H36ClN3O. The van der Waals surface area contributed by atoms with E-state index in [1.54, 1.807) is 18.2 Å². The fourth-order valence-corrected chi connectivity index (χ4v) is 4.67. The molecule has 1 amide bonds. The molecule has 4 nitrogen and oxygen atoms in total. The third-order valence-electron chi connectivity index (χ3n) is 6.60. The highest BCUT2D eigenvalue weighted by Crippen LogP contribution is 2.44. The summed E-state index contributed by atoms with van der Waals surface area (Å²) in [4.78, 5) is 16.4. The van der Waals surface area contributed by atoms with E-state index >= 15 is 0 Å². The second kappa shape index (κ2) is 12.0. The van der Waals surface area contributed by atoms with E-state index in [-0.39, 0.29) is 11.3 Å². The fraction of sp³-hybridized carbons (Fsp3) is 0.333. The van der Waals surface area contributed by atoms with Gasteiger partial charge in [0.2, 0.25) is 5.91 Å². The predicted molar refractivity (Wildman–Crippen MR) is 147 cm³/mol. The van der Waals surface area contributed by atoms with Crippen molar-refractivity contribution in [1.82, 2.24) is 9.55 Å². The maximum Gasteiger partial charge on any atom is 0.248 e. The van der Waals surface area contributed by atoms with Gasteiger partial charge in [0, 0.05) is 25.0 Å². The number of hydrogen-bond acceptors (Lipinski definition) is 2. The van der Waals surface area contributed by atoms with E-state index in [2.05, 4.69) is 60.8 Å². The fourth-order valence-electron chi connectivity index (χ4n) is 4.48. The Morgan fingerprint density at radius 2 is 2.00 bits per heavy atom. The van der Waals surface area contributed by atoms with E-state index in [1.807, 2.05) is 49.9 Å². The molecule has 1 unspecified atom stereocenters. The third-order valence-corrected chi connectivity index (χ3v) is 6.93. The second-order valence-corrected chi connectivity index (χ2v) is 10.3. The quantitative estimate of drug-likeness (QED) is 0.302. The van der Waals surface area contributed by atoms with Gasteiger partial charge in [-0.25, -0.2) is 4.98 Å². The number of halogens is 1. The van der Waals surface area contributed by atoms with Crippen molar-refractivity contribution in [2.75, 3.05) is 5.32 Å². The smallest absolute Gasteiger partial charge is 0.248 e. The largest absolute Gasteiger partial charge is 0.337 e. The van der Waals surface area contributed by atoms with Crippen LogP contribution in [0.1, 0.15) is 47.5 Å². The number of nitrogens with one attached hydrogen (secondary N) is 1. The first-order valence-corrected chi connectivity index (χ1v) is 12.5. The van der Waals surface area contributed by atoms with Crippen molar-refractivity contribution in [3.05, 3.63) is 107 Å². The van der Waals surface area contributed by atoms with Gasteiger partial charge in [0.05, 0.1) is 17.0 Å². The van der Waals surface area contributed by atoms with Gasteiger partial charge < -0.3 is 9.88 Å². The van der Waals surface area contributed by atoms with E-state index in [0.717, 1.165) is 17.7 Å². The van der Waals surface area contributed by atoms with Crippen molar-refractivity contribution >= 4 is 23.2 Å². The molecular weight excluding hydrogens is 454 g/mol. The summed E-state index contributed by atoms with van der Waals surface area (Å²) < 4.78 is 2.17. The van der Waals surface area contributed by atoms with Crippen molar-refractivity contribution in [3.8, 4) is 0 Å². The molecule has 1 aliphatic carbocycles. The normalized spacial score (nSPS) is 19.1. The number of aromatic nitrogens is 2. The monoisotopic (exact) mass is 489 g/mol. The Morgan fingerprint density at radius 3 is 2.71 bits per heavy atom. The van der Waals surface area contributed by atoms with Crippen LogP contribution in [-0.4, -0.2) is 15.5 Å². The minimum atomic E-state index is -0.201. The molecule has 0 saturated heterocycles. The SMILES string of the molecule is CC1=C(/C=C/C(C)=C/C=C/C(C)=C/C(=O)Nc2ccccc2Cl)C(C)(C)CCC1Cn1ccnc1. The van der Waals surface area contributed by atoms with Crippen molar-refractivity contribution in [3.63, 3.8) is 0 Å². The van der Waals surface area contributed by atoms with Crippen LogP contribution in [0.25, 0.3) is 0 Å². The van der Waals surface area contributed by atoms with E-state index in [9.17, 15) is 4.79 Å². The number of carbonyl (C=O) groups excluding carboxylic acids is 1. The zero-order valence-corrected chi connectivity index (χ0v) is 22.1. The number of benzene rings is 1. The topological polar surface area (TPSA) is 46.9 Å². The van der Waals surface area contributed by atoms with Gasteiger partial charge in [0.15, 0.2) is 0 Å². The van der Waals surface area contributed by atoms with Crippen molar-refractivity contribution in [2.45, 2.75) is 54.0 Å². The lowest BCUT2D eigenvalue weighted by Gasteiger charge is -2.37. The van der Waals surface area contributed by atoms with Crippen molar-refractivity contribution in [1.29, 1.82) is 0 Å². The summed E-state index contributed by atoms with van der Waals surface area (Å²) in [6.07, 6.45) is 20.2. The first kappa shape index (κ1) is 26.5. The first-order valence-electron chi connectivity index (χ1n) is 12.1. The molecule has 3 rings (SSSR count). The van der Waals surface area contributed by atoms with Crippen molar-refractivity contribution in [2.24, 2.45) is 11.3 Å². The molecule has 1 aromatic heterocycles. The highest BCUT2D eigenvalue weighted by atomic mass is 35.5. The van der Waals surface area contributed by atoms with E-state index in [4.69, 9.17) is 11.6 Å². The number of imidazole rings is 1. The van der Waals surface area contributed by atoms with Gasteiger partial charge in [-0.15, -0.1) is 0 Å².